The Morgan fingerprint density at radius 1 is 1.00 bits per heavy atom. The molecule has 0 atom stereocenters. The van der Waals surface area contributed by atoms with Crippen molar-refractivity contribution in [1.82, 2.24) is 19.3 Å². The van der Waals surface area contributed by atoms with Crippen molar-refractivity contribution in [3.8, 4) is 0 Å². The average Bonchev–Trinajstić information content (AvgIpc) is 2.95. The van der Waals surface area contributed by atoms with Crippen LogP contribution in [0.2, 0.25) is 0 Å². The minimum Gasteiger partial charge on any atom is -0.545 e. The van der Waals surface area contributed by atoms with Crippen molar-refractivity contribution in [3.05, 3.63) is 48.0 Å². The Morgan fingerprint density at radius 3 is 2.66 bits per heavy atom. The Kier molecular flexibility index (Phi) is 5.48. The number of para-hydroxylation sites is 2. The minimum atomic E-state index is -1.23. The summed E-state index contributed by atoms with van der Waals surface area (Å²) in [5.74, 6) is -0.329. The number of carboxylic acids is 1. The molecule has 7 nitrogen and oxygen atoms in total. The molecule has 0 unspecified atom stereocenters. The van der Waals surface area contributed by atoms with Crippen molar-refractivity contribution in [1.29, 1.82) is 0 Å². The van der Waals surface area contributed by atoms with Crippen molar-refractivity contribution in [2.24, 2.45) is 0 Å². The molecule has 4 heterocycles. The molecular weight excluding hydrogens is 377 g/mol. The summed E-state index contributed by atoms with van der Waals surface area (Å²) >= 11 is 0. The Morgan fingerprint density at radius 2 is 1.83 bits per heavy atom. The van der Waals surface area contributed by atoms with Crippen LogP contribution in [-0.4, -0.2) is 58.5 Å². The van der Waals surface area contributed by atoms with Crippen LogP contribution in [0.5, 0.6) is 0 Å². The maximum atomic E-state index is 11.7. The first-order valence-corrected chi connectivity index (χ1v) is 9.47. The second kappa shape index (κ2) is 7.91. The largest absolute Gasteiger partial charge is 1.00 e. The number of hydrogen-bond acceptors (Lipinski definition) is 6. The number of aromatic carboxylic acids is 1. The number of hydrogen-bond donors (Lipinski definition) is 0. The number of carbonyl (C=O) groups excluding carboxylic acids is 1. The summed E-state index contributed by atoms with van der Waals surface area (Å²) in [6.45, 7) is 3.94. The molecule has 0 bridgehead atoms. The summed E-state index contributed by atoms with van der Waals surface area (Å²) < 4.78 is 1.84. The number of benzene rings is 1. The molecule has 0 amide bonds. The Bertz CT molecular complexity index is 1220. The monoisotopic (exact) mass is 397 g/mol. The van der Waals surface area contributed by atoms with Gasteiger partial charge in [-0.15, -0.1) is 0 Å². The third-order valence-electron chi connectivity index (χ3n) is 5.47. The molecule has 0 saturated carbocycles. The molecule has 1 aliphatic rings. The third kappa shape index (κ3) is 3.48. The first kappa shape index (κ1) is 20.1. The van der Waals surface area contributed by atoms with Crippen molar-refractivity contribution in [3.63, 3.8) is 0 Å². The van der Waals surface area contributed by atoms with Crippen LogP contribution in [0.3, 0.4) is 0 Å². The second-order valence-corrected chi connectivity index (χ2v) is 7.33. The smallest absolute Gasteiger partial charge is 0.545 e. The van der Waals surface area contributed by atoms with E-state index in [1.807, 2.05) is 40.8 Å². The number of likely N-dealkylation sites (N-methyl/N-ethyl adjacent to an activating group) is 1. The predicted octanol–water partition coefficient (Wildman–Crippen LogP) is -1.45. The van der Waals surface area contributed by atoms with Crippen LogP contribution < -0.4 is 39.6 Å². The number of anilines is 1. The zero-order valence-electron chi connectivity index (χ0n) is 16.6. The van der Waals surface area contributed by atoms with Crippen LogP contribution in [0.4, 0.5) is 5.82 Å². The molecule has 0 spiro atoms. The van der Waals surface area contributed by atoms with Gasteiger partial charge in [-0.1, -0.05) is 12.1 Å². The maximum Gasteiger partial charge on any atom is 1.00 e. The summed E-state index contributed by atoms with van der Waals surface area (Å²) in [6.07, 6.45) is 1.09. The normalized spacial score (nSPS) is 15.6. The first-order chi connectivity index (χ1) is 13.6. The zero-order chi connectivity index (χ0) is 19.3. The van der Waals surface area contributed by atoms with Gasteiger partial charge in [-0.25, -0.2) is 9.97 Å². The van der Waals surface area contributed by atoms with E-state index in [-0.39, 0.29) is 35.1 Å². The third-order valence-corrected chi connectivity index (χ3v) is 5.47. The number of nitrogens with zero attached hydrogens (tertiary/aromatic N) is 5. The molecule has 29 heavy (non-hydrogen) atoms. The molecule has 1 fully saturated rings. The molecule has 1 aromatic carbocycles. The van der Waals surface area contributed by atoms with Crippen molar-refractivity contribution in [2.75, 3.05) is 38.1 Å². The maximum absolute atomic E-state index is 11.7. The van der Waals surface area contributed by atoms with Gasteiger partial charge in [-0.3, -0.25) is 4.40 Å². The van der Waals surface area contributed by atoms with E-state index in [0.29, 0.717) is 11.3 Å². The Hall–Kier alpha value is -2.19. The molecule has 0 N–H and O–H groups in total. The van der Waals surface area contributed by atoms with Gasteiger partial charge in [0.05, 0.1) is 17.0 Å². The van der Waals surface area contributed by atoms with E-state index >= 15 is 0 Å². The molecule has 142 valence electrons. The minimum absolute atomic E-state index is 0. The van der Waals surface area contributed by atoms with Gasteiger partial charge >= 0.3 is 29.6 Å². The fourth-order valence-electron chi connectivity index (χ4n) is 3.98. The van der Waals surface area contributed by atoms with Gasteiger partial charge in [0.1, 0.15) is 17.1 Å². The number of imidazole rings is 1. The summed E-state index contributed by atoms with van der Waals surface area (Å²) in [5, 5.41) is 12.5. The molecular formula is C21H20N5NaO2. The predicted molar refractivity (Wildman–Crippen MR) is 107 cm³/mol. The van der Waals surface area contributed by atoms with Crippen LogP contribution >= 0.6 is 0 Å². The van der Waals surface area contributed by atoms with Crippen LogP contribution in [0.15, 0.2) is 42.5 Å². The standard InChI is InChI=1S/C21H21N5O2.Na/c1-24-9-4-10-25(12-11-24)18-8-7-14-13-15(21(27)28)20-22-16-5-2-3-6-17(16)26(20)19(14)23-18;/h2-3,5-8,13H,4,9-12H2,1H3,(H,27,28);/q;+1/p-1. The number of carboxylic acid groups (broad SMARTS) is 1. The van der Waals surface area contributed by atoms with Crippen LogP contribution in [-0.2, 0) is 0 Å². The van der Waals surface area contributed by atoms with E-state index in [1.165, 1.54) is 0 Å². The van der Waals surface area contributed by atoms with E-state index in [4.69, 9.17) is 4.98 Å². The zero-order valence-corrected chi connectivity index (χ0v) is 18.6. The topological polar surface area (TPSA) is 76.8 Å². The molecule has 1 aliphatic heterocycles. The van der Waals surface area contributed by atoms with Gasteiger partial charge in [-0.05, 0) is 50.3 Å². The number of rotatable bonds is 2. The molecule has 0 radical (unpaired) electrons. The van der Waals surface area contributed by atoms with Crippen molar-refractivity contribution < 1.29 is 39.5 Å². The van der Waals surface area contributed by atoms with Gasteiger partial charge in [0.2, 0.25) is 0 Å². The fraction of sp³-hybridized carbons (Fsp3) is 0.286. The number of carbonyl (C=O) groups is 1. The first-order valence-electron chi connectivity index (χ1n) is 9.47. The number of fused-ring (bicyclic) bond motifs is 5. The van der Waals surface area contributed by atoms with E-state index in [1.54, 1.807) is 6.07 Å². The van der Waals surface area contributed by atoms with E-state index in [2.05, 4.69) is 21.8 Å². The van der Waals surface area contributed by atoms with E-state index < -0.39 is 5.97 Å². The summed E-state index contributed by atoms with van der Waals surface area (Å²) in [5.41, 5.74) is 2.74. The van der Waals surface area contributed by atoms with Gasteiger partial charge in [0.25, 0.3) is 0 Å². The van der Waals surface area contributed by atoms with Crippen LogP contribution in [0, 0.1) is 0 Å². The summed E-state index contributed by atoms with van der Waals surface area (Å²) in [7, 11) is 2.14. The molecule has 5 rings (SSSR count). The summed E-state index contributed by atoms with van der Waals surface area (Å²) in [6, 6.07) is 13.1. The second-order valence-electron chi connectivity index (χ2n) is 7.33. The number of pyridine rings is 2. The SMILES string of the molecule is CN1CCCN(c2ccc3cc(C(=O)[O-])c4nc5ccccc5n4c3n2)CC1.[Na+]. The van der Waals surface area contributed by atoms with Crippen LogP contribution in [0.1, 0.15) is 16.8 Å². The Labute approximate surface area is 190 Å². The molecule has 3 aromatic heterocycles. The van der Waals surface area contributed by atoms with Crippen LogP contribution in [0.25, 0.3) is 27.7 Å². The Balaban J connectivity index is 0.00000205. The van der Waals surface area contributed by atoms with Gasteiger partial charge in [0, 0.05) is 30.6 Å². The van der Waals surface area contributed by atoms with Gasteiger partial charge in [-0.2, -0.15) is 0 Å². The molecule has 0 aliphatic carbocycles. The molecule has 1 saturated heterocycles. The molecule has 4 aromatic rings. The van der Waals surface area contributed by atoms with Crippen molar-refractivity contribution in [2.45, 2.75) is 6.42 Å². The fourth-order valence-corrected chi connectivity index (χ4v) is 3.98. The molecule has 8 heteroatoms. The van der Waals surface area contributed by atoms with Crippen molar-refractivity contribution >= 4 is 39.5 Å². The quantitative estimate of drug-likeness (QED) is 0.385. The van der Waals surface area contributed by atoms with E-state index in [0.717, 1.165) is 54.8 Å². The van der Waals surface area contributed by atoms with E-state index in [9.17, 15) is 9.90 Å². The number of aromatic nitrogens is 3. The average molecular weight is 397 g/mol. The summed E-state index contributed by atoms with van der Waals surface area (Å²) in [4.78, 5) is 25.8. The van der Waals surface area contributed by atoms with Gasteiger partial charge < -0.3 is 19.7 Å². The van der Waals surface area contributed by atoms with Gasteiger partial charge in [0.15, 0.2) is 0 Å².